The van der Waals surface area contributed by atoms with E-state index < -0.39 is 0 Å². The van der Waals surface area contributed by atoms with Gasteiger partial charge in [0.15, 0.2) is 0 Å². The van der Waals surface area contributed by atoms with E-state index in [1.807, 2.05) is 0 Å². The Hall–Kier alpha value is -0.0800. The van der Waals surface area contributed by atoms with Crippen LogP contribution in [0.2, 0.25) is 0 Å². The fourth-order valence-electron chi connectivity index (χ4n) is 2.46. The van der Waals surface area contributed by atoms with Crippen molar-refractivity contribution < 1.29 is 0 Å². The smallest absolute Gasteiger partial charge is 0.00206 e. The molecular weight excluding hydrogens is 220 g/mol. The van der Waals surface area contributed by atoms with Gasteiger partial charge in [0.05, 0.1) is 0 Å². The van der Waals surface area contributed by atoms with Crippen molar-refractivity contribution in [3.8, 4) is 0 Å². The molecule has 0 rings (SSSR count). The Morgan fingerprint density at radius 3 is 2.39 bits per heavy atom. The predicted molar refractivity (Wildman–Crippen MR) is 82.9 cm³/mol. The van der Waals surface area contributed by atoms with Gasteiger partial charge in [-0.05, 0) is 56.7 Å². The zero-order valence-corrected chi connectivity index (χ0v) is 13.2. The Labute approximate surface area is 115 Å². The lowest BCUT2D eigenvalue weighted by molar-refractivity contribution is 0.299. The summed E-state index contributed by atoms with van der Waals surface area (Å²) in [5, 5.41) is 3.63. The fourth-order valence-corrected chi connectivity index (χ4v) is 2.46. The van der Waals surface area contributed by atoms with Crippen molar-refractivity contribution in [2.24, 2.45) is 17.1 Å². The molecule has 0 saturated carbocycles. The summed E-state index contributed by atoms with van der Waals surface area (Å²) in [6.45, 7) is 12.4. The molecule has 18 heavy (non-hydrogen) atoms. The monoisotopic (exact) mass is 256 g/mol. The molecule has 110 valence electrons. The second-order valence-corrected chi connectivity index (χ2v) is 6.43. The van der Waals surface area contributed by atoms with Gasteiger partial charge in [-0.25, -0.2) is 0 Å². The van der Waals surface area contributed by atoms with E-state index in [1.54, 1.807) is 0 Å². The summed E-state index contributed by atoms with van der Waals surface area (Å²) in [6, 6.07) is 0. The molecule has 1 atom stereocenters. The maximum absolute atomic E-state index is 5.63. The van der Waals surface area contributed by atoms with Gasteiger partial charge < -0.3 is 11.1 Å². The largest absolute Gasteiger partial charge is 0.330 e. The molecule has 0 spiro atoms. The number of rotatable bonds is 12. The lowest BCUT2D eigenvalue weighted by Crippen LogP contribution is -2.25. The van der Waals surface area contributed by atoms with Gasteiger partial charge in [-0.1, -0.05) is 47.0 Å². The molecule has 0 saturated heterocycles. The van der Waals surface area contributed by atoms with Gasteiger partial charge in [-0.3, -0.25) is 0 Å². The van der Waals surface area contributed by atoms with Gasteiger partial charge in [-0.2, -0.15) is 0 Å². The van der Waals surface area contributed by atoms with E-state index in [4.69, 9.17) is 5.73 Å². The molecule has 2 nitrogen and oxygen atoms in total. The van der Waals surface area contributed by atoms with Gasteiger partial charge in [0.2, 0.25) is 0 Å². The molecule has 1 unspecified atom stereocenters. The number of nitrogens with two attached hydrogens (primary N) is 1. The molecule has 2 heteroatoms. The molecule has 0 aliphatic carbocycles. The van der Waals surface area contributed by atoms with Crippen LogP contribution in [-0.4, -0.2) is 19.6 Å². The zero-order chi connectivity index (χ0) is 13.9. The van der Waals surface area contributed by atoms with Crippen LogP contribution in [0.25, 0.3) is 0 Å². The minimum atomic E-state index is 0.419. The van der Waals surface area contributed by atoms with Gasteiger partial charge >= 0.3 is 0 Å². The highest BCUT2D eigenvalue weighted by atomic mass is 14.9. The topological polar surface area (TPSA) is 38.0 Å². The van der Waals surface area contributed by atoms with Gasteiger partial charge in [0, 0.05) is 0 Å². The minimum Gasteiger partial charge on any atom is -0.330 e. The second kappa shape index (κ2) is 10.8. The Morgan fingerprint density at radius 1 is 1.11 bits per heavy atom. The summed E-state index contributed by atoms with van der Waals surface area (Å²) >= 11 is 0. The summed E-state index contributed by atoms with van der Waals surface area (Å²) in [7, 11) is 0. The Morgan fingerprint density at radius 2 is 1.83 bits per heavy atom. The molecule has 0 fully saturated rings. The van der Waals surface area contributed by atoms with Crippen molar-refractivity contribution in [2.45, 2.75) is 72.6 Å². The molecule has 0 aliphatic rings. The molecule has 0 aromatic heterocycles. The predicted octanol–water partition coefficient (Wildman–Crippen LogP) is 3.95. The quantitative estimate of drug-likeness (QED) is 0.519. The van der Waals surface area contributed by atoms with E-state index in [2.05, 4.69) is 33.0 Å². The summed E-state index contributed by atoms with van der Waals surface area (Å²) in [4.78, 5) is 0. The van der Waals surface area contributed by atoms with Crippen LogP contribution in [0.5, 0.6) is 0 Å². The Balaban J connectivity index is 3.53. The molecule has 0 heterocycles. The summed E-state index contributed by atoms with van der Waals surface area (Å²) in [5.41, 5.74) is 6.05. The highest BCUT2D eigenvalue weighted by Crippen LogP contribution is 2.25. The van der Waals surface area contributed by atoms with E-state index in [-0.39, 0.29) is 0 Å². The molecule has 0 aromatic rings. The SMILES string of the molecule is CCCCC(CC)CNCCCC(C)(C)CCN. The zero-order valence-electron chi connectivity index (χ0n) is 13.2. The first-order valence-electron chi connectivity index (χ1n) is 7.96. The van der Waals surface area contributed by atoms with Gasteiger partial charge in [-0.15, -0.1) is 0 Å². The van der Waals surface area contributed by atoms with Gasteiger partial charge in [0.1, 0.15) is 0 Å². The van der Waals surface area contributed by atoms with Crippen LogP contribution in [0.3, 0.4) is 0 Å². The van der Waals surface area contributed by atoms with Crippen molar-refractivity contribution in [1.29, 1.82) is 0 Å². The lowest BCUT2D eigenvalue weighted by atomic mass is 9.84. The number of hydrogen-bond donors (Lipinski definition) is 2. The number of hydrogen-bond acceptors (Lipinski definition) is 2. The minimum absolute atomic E-state index is 0.419. The van der Waals surface area contributed by atoms with Crippen molar-refractivity contribution in [3.63, 3.8) is 0 Å². The fraction of sp³-hybridized carbons (Fsp3) is 1.00. The van der Waals surface area contributed by atoms with Crippen LogP contribution < -0.4 is 11.1 Å². The van der Waals surface area contributed by atoms with Crippen LogP contribution in [0.15, 0.2) is 0 Å². The number of nitrogens with one attached hydrogen (secondary N) is 1. The molecule has 0 bridgehead atoms. The molecular formula is C16H36N2. The third-order valence-corrected chi connectivity index (χ3v) is 4.00. The highest BCUT2D eigenvalue weighted by Gasteiger charge is 2.15. The van der Waals surface area contributed by atoms with Crippen molar-refractivity contribution >= 4 is 0 Å². The third-order valence-electron chi connectivity index (χ3n) is 4.00. The maximum Gasteiger partial charge on any atom is -0.00206 e. The average molecular weight is 256 g/mol. The van der Waals surface area contributed by atoms with E-state index in [9.17, 15) is 0 Å². The first-order chi connectivity index (χ1) is 8.55. The Bertz CT molecular complexity index is 178. The molecule has 0 aromatic carbocycles. The summed E-state index contributed by atoms with van der Waals surface area (Å²) in [6.07, 6.45) is 9.10. The van der Waals surface area contributed by atoms with Crippen LogP contribution >= 0.6 is 0 Å². The standard InChI is InChI=1S/C16H36N2/c1-5-7-9-15(6-2)14-18-13-8-10-16(3,4)11-12-17/h15,18H,5-14,17H2,1-4H3. The van der Waals surface area contributed by atoms with E-state index in [1.165, 1.54) is 45.1 Å². The summed E-state index contributed by atoms with van der Waals surface area (Å²) in [5.74, 6) is 0.877. The molecule has 0 aliphatic heterocycles. The first kappa shape index (κ1) is 17.9. The van der Waals surface area contributed by atoms with E-state index >= 15 is 0 Å². The number of unbranched alkanes of at least 4 members (excludes halogenated alkanes) is 1. The second-order valence-electron chi connectivity index (χ2n) is 6.43. The van der Waals surface area contributed by atoms with E-state index in [0.29, 0.717) is 5.41 Å². The van der Waals surface area contributed by atoms with Crippen LogP contribution in [0, 0.1) is 11.3 Å². The average Bonchev–Trinajstić information content (AvgIpc) is 2.32. The lowest BCUT2D eigenvalue weighted by Gasteiger charge is -2.24. The molecule has 0 radical (unpaired) electrons. The third kappa shape index (κ3) is 9.90. The van der Waals surface area contributed by atoms with Crippen molar-refractivity contribution in [2.75, 3.05) is 19.6 Å². The first-order valence-corrected chi connectivity index (χ1v) is 7.96. The van der Waals surface area contributed by atoms with Crippen LogP contribution in [-0.2, 0) is 0 Å². The summed E-state index contributed by atoms with van der Waals surface area (Å²) < 4.78 is 0. The molecule has 3 N–H and O–H groups in total. The highest BCUT2D eigenvalue weighted by molar-refractivity contribution is 4.70. The van der Waals surface area contributed by atoms with Crippen LogP contribution in [0.4, 0.5) is 0 Å². The van der Waals surface area contributed by atoms with Gasteiger partial charge in [0.25, 0.3) is 0 Å². The molecule has 0 amide bonds. The van der Waals surface area contributed by atoms with Crippen molar-refractivity contribution in [1.82, 2.24) is 5.32 Å². The van der Waals surface area contributed by atoms with Crippen LogP contribution in [0.1, 0.15) is 72.6 Å². The maximum atomic E-state index is 5.63. The van der Waals surface area contributed by atoms with E-state index in [0.717, 1.165) is 25.4 Å². The Kier molecular flexibility index (Phi) is 10.8. The van der Waals surface area contributed by atoms with Crippen molar-refractivity contribution in [3.05, 3.63) is 0 Å². The normalized spacial score (nSPS) is 13.8.